The maximum atomic E-state index is 12.2. The summed E-state index contributed by atoms with van der Waals surface area (Å²) in [7, 11) is 1.64. The number of rotatable bonds is 10. The number of nitrogens with zero attached hydrogens (tertiary/aromatic N) is 3. The number of carbonyl (C=O) groups is 1. The van der Waals surface area contributed by atoms with Crippen LogP contribution in [-0.2, 0) is 17.8 Å². The van der Waals surface area contributed by atoms with Crippen LogP contribution in [0.3, 0.4) is 0 Å². The number of para-hydroxylation sites is 2. The molecule has 1 aromatic heterocycles. The normalized spacial score (nSPS) is 10.7. The Morgan fingerprint density at radius 3 is 2.61 bits per heavy atom. The minimum Gasteiger partial charge on any atom is -0.496 e. The van der Waals surface area contributed by atoms with Crippen LogP contribution in [0.25, 0.3) is 0 Å². The summed E-state index contributed by atoms with van der Waals surface area (Å²) in [5.41, 5.74) is 3.14. The van der Waals surface area contributed by atoms with E-state index in [1.54, 1.807) is 7.11 Å². The summed E-state index contributed by atoms with van der Waals surface area (Å²) in [6.07, 6.45) is 0.688. The first-order valence-electron chi connectivity index (χ1n) is 9.89. The molecule has 1 amide bonds. The molecule has 1 heterocycles. The molecule has 0 aliphatic carbocycles. The minimum atomic E-state index is -0.101. The molecule has 3 N–H and O–H groups in total. The van der Waals surface area contributed by atoms with E-state index < -0.39 is 0 Å². The number of carbonyl (C=O) groups excluding carboxylic acids is 1. The van der Waals surface area contributed by atoms with Crippen LogP contribution in [0.15, 0.2) is 47.6 Å². The number of hydrogen-bond acceptors (Lipinski definition) is 7. The Hall–Kier alpha value is -3.20. The zero-order valence-electron chi connectivity index (χ0n) is 17.9. The number of benzene rings is 2. The highest BCUT2D eigenvalue weighted by atomic mass is 32.2. The molecule has 0 aliphatic rings. The van der Waals surface area contributed by atoms with Crippen molar-refractivity contribution in [2.24, 2.45) is 0 Å². The first-order chi connectivity index (χ1) is 15.0. The van der Waals surface area contributed by atoms with E-state index in [0.717, 1.165) is 28.2 Å². The molecule has 164 valence electrons. The molecule has 0 aliphatic heterocycles. The van der Waals surface area contributed by atoms with Gasteiger partial charge >= 0.3 is 0 Å². The Kier molecular flexibility index (Phi) is 7.77. The summed E-state index contributed by atoms with van der Waals surface area (Å²) in [4.78, 5) is 12.2. The molecule has 9 heteroatoms. The van der Waals surface area contributed by atoms with E-state index in [4.69, 9.17) is 15.3 Å². The van der Waals surface area contributed by atoms with E-state index in [1.807, 2.05) is 56.3 Å². The van der Waals surface area contributed by atoms with E-state index >= 15 is 0 Å². The molecule has 0 fully saturated rings. The number of methoxy groups -OCH3 is 1. The Morgan fingerprint density at radius 2 is 1.87 bits per heavy atom. The highest BCUT2D eigenvalue weighted by Gasteiger charge is 2.14. The second-order valence-electron chi connectivity index (χ2n) is 6.98. The summed E-state index contributed by atoms with van der Waals surface area (Å²) in [5, 5.41) is 11.5. The standard InChI is InChI=1S/C22H27N5O3S/c1-15-7-6-8-16(2)21(15)30-13-19-25-26-22(27(19)23)31-14-20(28)24-12-11-17-9-4-5-10-18(17)29-3/h4-10H,11-14,23H2,1-3H3,(H,24,28). The lowest BCUT2D eigenvalue weighted by Crippen LogP contribution is -2.27. The van der Waals surface area contributed by atoms with Gasteiger partial charge in [0.25, 0.3) is 0 Å². The van der Waals surface area contributed by atoms with E-state index in [-0.39, 0.29) is 18.3 Å². The Labute approximate surface area is 186 Å². The van der Waals surface area contributed by atoms with Gasteiger partial charge in [0.1, 0.15) is 18.1 Å². The summed E-state index contributed by atoms with van der Waals surface area (Å²) in [6.45, 7) is 4.69. The van der Waals surface area contributed by atoms with Gasteiger partial charge in [0.15, 0.2) is 5.82 Å². The van der Waals surface area contributed by atoms with Gasteiger partial charge in [-0.15, -0.1) is 10.2 Å². The van der Waals surface area contributed by atoms with Crippen LogP contribution in [0.1, 0.15) is 22.5 Å². The fraction of sp³-hybridized carbons (Fsp3) is 0.318. The second-order valence-corrected chi connectivity index (χ2v) is 7.92. The van der Waals surface area contributed by atoms with Crippen molar-refractivity contribution in [2.45, 2.75) is 32.0 Å². The average Bonchev–Trinajstić information content (AvgIpc) is 3.11. The molecule has 0 atom stereocenters. The predicted molar refractivity (Wildman–Crippen MR) is 121 cm³/mol. The third kappa shape index (κ3) is 5.91. The Bertz CT molecular complexity index is 1020. The van der Waals surface area contributed by atoms with Gasteiger partial charge < -0.3 is 20.6 Å². The molecule has 0 radical (unpaired) electrons. The molecule has 0 bridgehead atoms. The number of aromatic nitrogens is 3. The molecule has 0 unspecified atom stereocenters. The fourth-order valence-corrected chi connectivity index (χ4v) is 3.80. The summed E-state index contributed by atoms with van der Waals surface area (Å²) in [6, 6.07) is 13.7. The maximum absolute atomic E-state index is 12.2. The van der Waals surface area contributed by atoms with Crippen molar-refractivity contribution in [2.75, 3.05) is 25.3 Å². The number of thioether (sulfide) groups is 1. The van der Waals surface area contributed by atoms with E-state index in [9.17, 15) is 4.79 Å². The molecule has 3 rings (SSSR count). The molecule has 3 aromatic rings. The Morgan fingerprint density at radius 1 is 1.13 bits per heavy atom. The van der Waals surface area contributed by atoms with Crippen molar-refractivity contribution < 1.29 is 14.3 Å². The van der Waals surface area contributed by atoms with Gasteiger partial charge in [0.05, 0.1) is 12.9 Å². The summed E-state index contributed by atoms with van der Waals surface area (Å²) in [5.74, 6) is 8.30. The van der Waals surface area contributed by atoms with Crippen LogP contribution >= 0.6 is 11.8 Å². The quantitative estimate of drug-likeness (QED) is 0.368. The van der Waals surface area contributed by atoms with Gasteiger partial charge in [-0.25, -0.2) is 4.68 Å². The SMILES string of the molecule is COc1ccccc1CCNC(=O)CSc1nnc(COc2c(C)cccc2C)n1N. The van der Waals surface area contributed by atoms with Crippen molar-refractivity contribution in [3.8, 4) is 11.5 Å². The van der Waals surface area contributed by atoms with Gasteiger partial charge in [0.2, 0.25) is 11.1 Å². The van der Waals surface area contributed by atoms with E-state index in [2.05, 4.69) is 15.5 Å². The van der Waals surface area contributed by atoms with Gasteiger partial charge in [-0.1, -0.05) is 48.2 Å². The third-order valence-corrected chi connectivity index (χ3v) is 5.67. The number of amides is 1. The van der Waals surface area contributed by atoms with E-state index in [0.29, 0.717) is 23.9 Å². The second kappa shape index (κ2) is 10.7. The van der Waals surface area contributed by atoms with Crippen molar-refractivity contribution in [3.63, 3.8) is 0 Å². The fourth-order valence-electron chi connectivity index (χ4n) is 3.09. The number of nitrogens with two attached hydrogens (primary N) is 1. The van der Waals surface area contributed by atoms with Crippen molar-refractivity contribution in [1.82, 2.24) is 20.2 Å². The van der Waals surface area contributed by atoms with Gasteiger partial charge in [-0.3, -0.25) is 4.79 Å². The summed E-state index contributed by atoms with van der Waals surface area (Å²) >= 11 is 1.23. The predicted octanol–water partition coefficient (Wildman–Crippen LogP) is 2.65. The van der Waals surface area contributed by atoms with Gasteiger partial charge in [-0.2, -0.15) is 0 Å². The highest BCUT2D eigenvalue weighted by molar-refractivity contribution is 7.99. The lowest BCUT2D eigenvalue weighted by Gasteiger charge is -2.11. The van der Waals surface area contributed by atoms with Crippen molar-refractivity contribution >= 4 is 17.7 Å². The molecule has 2 aromatic carbocycles. The average molecular weight is 442 g/mol. The molecule has 31 heavy (non-hydrogen) atoms. The maximum Gasteiger partial charge on any atom is 0.230 e. The first-order valence-corrected chi connectivity index (χ1v) is 10.9. The van der Waals surface area contributed by atoms with Crippen LogP contribution in [-0.4, -0.2) is 40.2 Å². The van der Waals surface area contributed by atoms with Crippen LogP contribution in [0.5, 0.6) is 11.5 Å². The highest BCUT2D eigenvalue weighted by Crippen LogP contribution is 2.23. The lowest BCUT2D eigenvalue weighted by atomic mass is 10.1. The number of ether oxygens (including phenoxy) is 2. The lowest BCUT2D eigenvalue weighted by molar-refractivity contribution is -0.118. The van der Waals surface area contributed by atoms with Crippen LogP contribution in [0.2, 0.25) is 0 Å². The van der Waals surface area contributed by atoms with Gasteiger partial charge in [-0.05, 0) is 43.0 Å². The molecule has 0 saturated carbocycles. The van der Waals surface area contributed by atoms with E-state index in [1.165, 1.54) is 16.4 Å². The third-order valence-electron chi connectivity index (χ3n) is 4.73. The minimum absolute atomic E-state index is 0.101. The zero-order valence-corrected chi connectivity index (χ0v) is 18.7. The Balaban J connectivity index is 1.46. The number of aryl methyl sites for hydroxylation is 2. The van der Waals surface area contributed by atoms with Gasteiger partial charge in [0, 0.05) is 6.54 Å². The van der Waals surface area contributed by atoms with Crippen molar-refractivity contribution in [1.29, 1.82) is 0 Å². The smallest absolute Gasteiger partial charge is 0.230 e. The van der Waals surface area contributed by atoms with Crippen LogP contribution in [0.4, 0.5) is 0 Å². The molecule has 0 spiro atoms. The molecule has 8 nitrogen and oxygen atoms in total. The van der Waals surface area contributed by atoms with Crippen molar-refractivity contribution in [3.05, 3.63) is 65.0 Å². The number of nitrogen functional groups attached to an aromatic ring is 1. The number of nitrogens with one attached hydrogen (secondary N) is 1. The van der Waals surface area contributed by atoms with Crippen LogP contribution in [0, 0.1) is 13.8 Å². The van der Waals surface area contributed by atoms with Crippen LogP contribution < -0.4 is 20.6 Å². The topological polar surface area (TPSA) is 104 Å². The largest absolute Gasteiger partial charge is 0.496 e. The zero-order chi connectivity index (χ0) is 22.2. The monoisotopic (exact) mass is 441 g/mol. The molecular formula is C22H27N5O3S. The molecule has 0 saturated heterocycles. The summed E-state index contributed by atoms with van der Waals surface area (Å²) < 4.78 is 12.6. The molecular weight excluding hydrogens is 414 g/mol. The first kappa shape index (κ1) is 22.5. The number of hydrogen-bond donors (Lipinski definition) is 2.